The fraction of sp³-hybridized carbons (Fsp3) is 0.235. The minimum Gasteiger partial charge on any atom is -0.370 e. The molecule has 0 unspecified atom stereocenters. The van der Waals surface area contributed by atoms with Crippen LogP contribution in [0.2, 0.25) is 5.02 Å². The molecule has 1 aromatic carbocycles. The lowest BCUT2D eigenvalue weighted by atomic mass is 10.2. The van der Waals surface area contributed by atoms with Crippen molar-refractivity contribution in [3.63, 3.8) is 0 Å². The van der Waals surface area contributed by atoms with Gasteiger partial charge in [0.05, 0.1) is 22.6 Å². The van der Waals surface area contributed by atoms with Gasteiger partial charge in [0.25, 0.3) is 0 Å². The molecule has 0 saturated carbocycles. The van der Waals surface area contributed by atoms with E-state index < -0.39 is 11.8 Å². The molecule has 124 valence electrons. The lowest BCUT2D eigenvalue weighted by Gasteiger charge is -2.19. The van der Waals surface area contributed by atoms with Crippen molar-refractivity contribution in [2.75, 3.05) is 28.6 Å². The summed E-state index contributed by atoms with van der Waals surface area (Å²) >= 11 is 6.30. The molecule has 0 radical (unpaired) electrons. The maximum Gasteiger partial charge on any atom is 0.314 e. The molecule has 2 aromatic rings. The van der Waals surface area contributed by atoms with Crippen molar-refractivity contribution < 1.29 is 9.59 Å². The first kappa shape index (κ1) is 16.3. The third-order valence-electron chi connectivity index (χ3n) is 3.78. The number of benzene rings is 1. The van der Waals surface area contributed by atoms with E-state index in [4.69, 9.17) is 11.6 Å². The first-order chi connectivity index (χ1) is 11.6. The van der Waals surface area contributed by atoms with E-state index in [2.05, 4.69) is 20.5 Å². The summed E-state index contributed by atoms with van der Waals surface area (Å²) in [7, 11) is 0. The van der Waals surface area contributed by atoms with Gasteiger partial charge >= 0.3 is 11.8 Å². The number of hydrogen-bond donors (Lipinski definition) is 2. The minimum atomic E-state index is -0.761. The van der Waals surface area contributed by atoms with Gasteiger partial charge in [-0.2, -0.15) is 0 Å². The van der Waals surface area contributed by atoms with Crippen LogP contribution in [-0.2, 0) is 9.59 Å². The highest BCUT2D eigenvalue weighted by molar-refractivity contribution is 6.43. The predicted molar refractivity (Wildman–Crippen MR) is 94.4 cm³/mol. The smallest absolute Gasteiger partial charge is 0.314 e. The van der Waals surface area contributed by atoms with Gasteiger partial charge in [0.15, 0.2) is 0 Å². The van der Waals surface area contributed by atoms with Crippen LogP contribution < -0.4 is 15.5 Å². The van der Waals surface area contributed by atoms with Gasteiger partial charge in [-0.05, 0) is 43.2 Å². The van der Waals surface area contributed by atoms with E-state index >= 15 is 0 Å². The summed E-state index contributed by atoms with van der Waals surface area (Å²) in [5.41, 5.74) is 1.89. The highest BCUT2D eigenvalue weighted by Gasteiger charge is 2.17. The summed E-state index contributed by atoms with van der Waals surface area (Å²) in [6.07, 6.45) is 5.36. The number of hydrogen-bond acceptors (Lipinski definition) is 4. The zero-order valence-electron chi connectivity index (χ0n) is 13.0. The molecule has 1 saturated heterocycles. The molecule has 2 amide bonds. The van der Waals surface area contributed by atoms with E-state index in [-0.39, 0.29) is 0 Å². The number of rotatable bonds is 3. The number of anilines is 3. The van der Waals surface area contributed by atoms with Gasteiger partial charge in [-0.1, -0.05) is 11.6 Å². The van der Waals surface area contributed by atoms with Crippen molar-refractivity contribution in [2.24, 2.45) is 0 Å². The zero-order valence-corrected chi connectivity index (χ0v) is 13.7. The van der Waals surface area contributed by atoms with Crippen LogP contribution in [0.5, 0.6) is 0 Å². The van der Waals surface area contributed by atoms with Crippen LogP contribution in [0, 0.1) is 0 Å². The summed E-state index contributed by atoms with van der Waals surface area (Å²) in [5.74, 6) is -1.52. The summed E-state index contributed by atoms with van der Waals surface area (Å²) in [5, 5.41) is 5.58. The van der Waals surface area contributed by atoms with Crippen LogP contribution in [0.4, 0.5) is 17.1 Å². The molecule has 0 atom stereocenters. The van der Waals surface area contributed by atoms with Crippen LogP contribution in [0.25, 0.3) is 0 Å². The normalized spacial score (nSPS) is 13.6. The molecule has 1 aliphatic rings. The van der Waals surface area contributed by atoms with E-state index in [0.29, 0.717) is 16.4 Å². The van der Waals surface area contributed by atoms with Gasteiger partial charge in [-0.25, -0.2) is 0 Å². The second-order valence-electron chi connectivity index (χ2n) is 5.51. The Morgan fingerprint density at radius 3 is 2.38 bits per heavy atom. The zero-order chi connectivity index (χ0) is 16.9. The standard InChI is InChI=1S/C17H17ClN4O2/c18-14-10-12(5-6-15(14)22-8-1-2-9-22)20-16(23)17(24)21-13-4-3-7-19-11-13/h3-7,10-11H,1-2,8-9H2,(H,20,23)(H,21,24). The first-order valence-corrected chi connectivity index (χ1v) is 8.08. The molecule has 1 aliphatic heterocycles. The fourth-order valence-corrected chi connectivity index (χ4v) is 2.91. The number of amides is 2. The summed E-state index contributed by atoms with van der Waals surface area (Å²) < 4.78 is 0. The molecule has 3 rings (SSSR count). The van der Waals surface area contributed by atoms with Gasteiger partial charge in [-0.15, -0.1) is 0 Å². The molecular weight excluding hydrogens is 328 g/mol. The van der Waals surface area contributed by atoms with Gasteiger partial charge < -0.3 is 15.5 Å². The number of carbonyl (C=O) groups is 2. The quantitative estimate of drug-likeness (QED) is 0.840. The maximum atomic E-state index is 12.0. The van der Waals surface area contributed by atoms with Crippen LogP contribution >= 0.6 is 11.6 Å². The monoisotopic (exact) mass is 344 g/mol. The molecule has 0 bridgehead atoms. The van der Waals surface area contributed by atoms with E-state index in [1.165, 1.54) is 6.20 Å². The second-order valence-corrected chi connectivity index (χ2v) is 5.92. The molecule has 24 heavy (non-hydrogen) atoms. The number of nitrogens with one attached hydrogen (secondary N) is 2. The van der Waals surface area contributed by atoms with Crippen molar-refractivity contribution in [3.05, 3.63) is 47.7 Å². The average Bonchev–Trinajstić information content (AvgIpc) is 3.10. The summed E-state index contributed by atoms with van der Waals surface area (Å²) in [4.78, 5) is 29.9. The van der Waals surface area contributed by atoms with Crippen LogP contribution in [0.15, 0.2) is 42.7 Å². The fourth-order valence-electron chi connectivity index (χ4n) is 2.61. The maximum absolute atomic E-state index is 12.0. The van der Waals surface area contributed by atoms with Crippen LogP contribution in [-0.4, -0.2) is 29.9 Å². The number of halogens is 1. The largest absolute Gasteiger partial charge is 0.370 e. The second kappa shape index (κ2) is 7.31. The van der Waals surface area contributed by atoms with Gasteiger partial charge in [0.2, 0.25) is 0 Å². The molecule has 0 aliphatic carbocycles. The van der Waals surface area contributed by atoms with E-state index in [1.807, 2.05) is 6.07 Å². The number of aromatic nitrogens is 1. The van der Waals surface area contributed by atoms with Crippen molar-refractivity contribution in [1.82, 2.24) is 4.98 Å². The van der Waals surface area contributed by atoms with Gasteiger partial charge in [0, 0.05) is 25.0 Å². The molecule has 1 fully saturated rings. The molecule has 7 heteroatoms. The Hall–Kier alpha value is -2.60. The Morgan fingerprint density at radius 1 is 1.04 bits per heavy atom. The van der Waals surface area contributed by atoms with Gasteiger partial charge in [0.1, 0.15) is 0 Å². The Bertz CT molecular complexity index is 746. The Morgan fingerprint density at radius 2 is 1.75 bits per heavy atom. The number of nitrogens with zero attached hydrogens (tertiary/aromatic N) is 2. The van der Waals surface area contributed by atoms with Crippen molar-refractivity contribution in [3.8, 4) is 0 Å². The van der Waals surface area contributed by atoms with E-state index in [1.54, 1.807) is 30.5 Å². The van der Waals surface area contributed by atoms with Gasteiger partial charge in [-0.3, -0.25) is 14.6 Å². The van der Waals surface area contributed by atoms with Crippen LogP contribution in [0.3, 0.4) is 0 Å². The Kier molecular flexibility index (Phi) is 4.96. The van der Waals surface area contributed by atoms with Crippen LogP contribution in [0.1, 0.15) is 12.8 Å². The number of carbonyl (C=O) groups excluding carboxylic acids is 2. The Balaban J connectivity index is 1.63. The summed E-state index contributed by atoms with van der Waals surface area (Å²) in [6, 6.07) is 8.59. The lowest BCUT2D eigenvalue weighted by molar-refractivity contribution is -0.133. The Labute approximate surface area is 144 Å². The number of pyridine rings is 1. The van der Waals surface area contributed by atoms with Crippen molar-refractivity contribution in [2.45, 2.75) is 12.8 Å². The lowest BCUT2D eigenvalue weighted by Crippen LogP contribution is -2.29. The minimum absolute atomic E-state index is 0.458. The van der Waals surface area contributed by atoms with Crippen molar-refractivity contribution in [1.29, 1.82) is 0 Å². The third kappa shape index (κ3) is 3.83. The third-order valence-corrected chi connectivity index (χ3v) is 4.08. The van der Waals surface area contributed by atoms with E-state index in [9.17, 15) is 9.59 Å². The SMILES string of the molecule is O=C(Nc1cccnc1)C(=O)Nc1ccc(N2CCCC2)c(Cl)c1. The van der Waals surface area contributed by atoms with E-state index in [0.717, 1.165) is 31.6 Å². The molecule has 1 aromatic heterocycles. The molecule has 0 spiro atoms. The highest BCUT2D eigenvalue weighted by atomic mass is 35.5. The molecule has 2 N–H and O–H groups in total. The predicted octanol–water partition coefficient (Wildman–Crippen LogP) is 2.91. The highest BCUT2D eigenvalue weighted by Crippen LogP contribution is 2.31. The topological polar surface area (TPSA) is 74.3 Å². The van der Waals surface area contributed by atoms with Crippen molar-refractivity contribution >= 4 is 40.5 Å². The molecule has 2 heterocycles. The summed E-state index contributed by atoms with van der Waals surface area (Å²) in [6.45, 7) is 1.97. The first-order valence-electron chi connectivity index (χ1n) is 7.70. The average molecular weight is 345 g/mol. The molecular formula is C17H17ClN4O2. The molecule has 6 nitrogen and oxygen atoms in total.